The highest BCUT2D eigenvalue weighted by atomic mass is 32.2. The zero-order valence-corrected chi connectivity index (χ0v) is 17.1. The van der Waals surface area contributed by atoms with Gasteiger partial charge in [-0.1, -0.05) is 44.4 Å². The number of sulfone groups is 1. The fraction of sp³-hybridized carbons (Fsp3) is 0.591. The van der Waals surface area contributed by atoms with Crippen molar-refractivity contribution in [3.05, 3.63) is 29.8 Å². The van der Waals surface area contributed by atoms with Crippen LogP contribution in [0.25, 0.3) is 0 Å². The van der Waals surface area contributed by atoms with Gasteiger partial charge in [0.1, 0.15) is 0 Å². The van der Waals surface area contributed by atoms with E-state index in [0.717, 1.165) is 18.4 Å². The molecule has 1 unspecified atom stereocenters. The number of hydrogen-bond donors (Lipinski definition) is 0. The Labute approximate surface area is 162 Å². The molecule has 4 atom stereocenters. The lowest BCUT2D eigenvalue weighted by molar-refractivity contribution is -0.147. The predicted octanol–water partition coefficient (Wildman–Crippen LogP) is 4.13. The minimum absolute atomic E-state index is 0.0870. The molecule has 2 aliphatic carbocycles. The van der Waals surface area contributed by atoms with Crippen molar-refractivity contribution >= 4 is 15.8 Å². The average Bonchev–Trinajstić information content (AvgIpc) is 2.98. The molecular formula is C22H28O4S. The van der Waals surface area contributed by atoms with Crippen LogP contribution in [0.15, 0.2) is 29.2 Å². The molecule has 2 saturated carbocycles. The first kappa shape index (κ1) is 19.9. The molecule has 4 nitrogen and oxygen atoms in total. The highest BCUT2D eigenvalue weighted by Crippen LogP contribution is 2.57. The SMILES string of the molecule is Cc1ccc(S(=O)(=O)C#CCOC(=O)C2C[C@@H]3CCC[C@H](C)[C@@]3(C)C2)cc1. The van der Waals surface area contributed by atoms with Gasteiger partial charge >= 0.3 is 5.97 Å². The molecule has 5 heteroatoms. The summed E-state index contributed by atoms with van der Waals surface area (Å²) in [6, 6.07) is 6.53. The van der Waals surface area contributed by atoms with Crippen molar-refractivity contribution < 1.29 is 17.9 Å². The van der Waals surface area contributed by atoms with Gasteiger partial charge in [0.05, 0.1) is 10.8 Å². The average molecular weight is 389 g/mol. The first-order valence-electron chi connectivity index (χ1n) is 9.70. The third-order valence-corrected chi connectivity index (χ3v) is 7.97. The second-order valence-corrected chi connectivity index (χ2v) is 10.1. The van der Waals surface area contributed by atoms with E-state index < -0.39 is 9.84 Å². The number of ether oxygens (including phenoxy) is 1. The fourth-order valence-electron chi connectivity index (χ4n) is 4.75. The summed E-state index contributed by atoms with van der Waals surface area (Å²) in [5.74, 6) is 3.39. The molecule has 0 bridgehead atoms. The van der Waals surface area contributed by atoms with E-state index >= 15 is 0 Å². The number of carbonyl (C=O) groups is 1. The van der Waals surface area contributed by atoms with Crippen molar-refractivity contribution in [3.63, 3.8) is 0 Å². The highest BCUT2D eigenvalue weighted by Gasteiger charge is 2.50. The van der Waals surface area contributed by atoms with Crippen LogP contribution in [0.2, 0.25) is 0 Å². The topological polar surface area (TPSA) is 60.4 Å². The van der Waals surface area contributed by atoms with Crippen molar-refractivity contribution in [1.29, 1.82) is 0 Å². The third-order valence-electron chi connectivity index (χ3n) is 6.66. The molecule has 3 rings (SSSR count). The van der Waals surface area contributed by atoms with Crippen molar-refractivity contribution in [2.75, 3.05) is 6.61 Å². The Kier molecular flexibility index (Phi) is 5.67. The summed E-state index contributed by atoms with van der Waals surface area (Å²) < 4.78 is 29.6. The van der Waals surface area contributed by atoms with E-state index in [-0.39, 0.29) is 28.8 Å². The van der Waals surface area contributed by atoms with E-state index in [4.69, 9.17) is 4.74 Å². The lowest BCUT2D eigenvalue weighted by Gasteiger charge is -2.42. The van der Waals surface area contributed by atoms with Crippen LogP contribution in [0.3, 0.4) is 0 Å². The Morgan fingerprint density at radius 2 is 1.96 bits per heavy atom. The molecule has 0 amide bonds. The van der Waals surface area contributed by atoms with Crippen LogP contribution in [0.4, 0.5) is 0 Å². The van der Waals surface area contributed by atoms with Gasteiger partial charge < -0.3 is 4.74 Å². The van der Waals surface area contributed by atoms with E-state index in [1.807, 2.05) is 6.92 Å². The first-order chi connectivity index (χ1) is 12.7. The van der Waals surface area contributed by atoms with Crippen LogP contribution in [-0.2, 0) is 19.4 Å². The summed E-state index contributed by atoms with van der Waals surface area (Å²) in [6.45, 7) is 6.31. The van der Waals surface area contributed by atoms with E-state index in [1.165, 1.54) is 31.4 Å². The number of fused-ring (bicyclic) bond motifs is 1. The Balaban J connectivity index is 1.56. The van der Waals surface area contributed by atoms with Gasteiger partial charge in [-0.25, -0.2) is 8.42 Å². The maximum atomic E-state index is 12.4. The van der Waals surface area contributed by atoms with Crippen LogP contribution in [0.5, 0.6) is 0 Å². The maximum Gasteiger partial charge on any atom is 0.309 e. The molecule has 27 heavy (non-hydrogen) atoms. The number of aryl methyl sites for hydroxylation is 1. The largest absolute Gasteiger partial charge is 0.452 e. The number of rotatable bonds is 3. The van der Waals surface area contributed by atoms with Crippen LogP contribution in [0, 0.1) is 41.3 Å². The maximum absolute atomic E-state index is 12.4. The summed E-state index contributed by atoms with van der Waals surface area (Å²) in [7, 11) is -3.68. The molecule has 0 saturated heterocycles. The molecule has 1 aromatic rings. The van der Waals surface area contributed by atoms with Crippen molar-refractivity contribution in [2.45, 2.75) is 57.8 Å². The minimum atomic E-state index is -3.68. The molecule has 0 N–H and O–H groups in total. The number of carbonyl (C=O) groups excluding carboxylic acids is 1. The highest BCUT2D eigenvalue weighted by molar-refractivity contribution is 7.96. The third kappa shape index (κ3) is 4.21. The summed E-state index contributed by atoms with van der Waals surface area (Å²) in [6.07, 6.45) is 5.42. The standard InChI is InChI=1S/C22H28O4S/c1-16-8-10-20(11-9-16)27(24,25)13-5-12-26-21(23)18-14-19-7-4-6-17(2)22(19,3)15-18/h8-11,17-19H,4,6-7,12,14-15H2,1-3H3/t17-,18?,19-,22+/m0/s1. The minimum Gasteiger partial charge on any atom is -0.452 e. The van der Waals surface area contributed by atoms with Gasteiger partial charge in [0.25, 0.3) is 0 Å². The number of benzene rings is 1. The van der Waals surface area contributed by atoms with Crippen LogP contribution in [-0.4, -0.2) is 21.0 Å². The first-order valence-corrected chi connectivity index (χ1v) is 11.2. The van der Waals surface area contributed by atoms with Crippen LogP contribution < -0.4 is 0 Å². The Morgan fingerprint density at radius 3 is 2.63 bits per heavy atom. The number of esters is 1. The summed E-state index contributed by atoms with van der Waals surface area (Å²) in [4.78, 5) is 12.6. The Bertz CT molecular complexity index is 860. The zero-order valence-electron chi connectivity index (χ0n) is 16.3. The predicted molar refractivity (Wildman–Crippen MR) is 104 cm³/mol. The Morgan fingerprint density at radius 1 is 1.26 bits per heavy atom. The molecular weight excluding hydrogens is 360 g/mol. The molecule has 0 radical (unpaired) electrons. The fourth-order valence-corrected chi connectivity index (χ4v) is 5.61. The van der Waals surface area contributed by atoms with Gasteiger partial charge in [0, 0.05) is 5.25 Å². The lowest BCUT2D eigenvalue weighted by Crippen LogP contribution is -2.33. The van der Waals surface area contributed by atoms with Crippen LogP contribution in [0.1, 0.15) is 51.5 Å². The normalized spacial score (nSPS) is 30.1. The lowest BCUT2D eigenvalue weighted by atomic mass is 9.63. The second kappa shape index (κ2) is 7.67. The number of hydrogen-bond acceptors (Lipinski definition) is 4. The molecule has 0 aliphatic heterocycles. The van der Waals surface area contributed by atoms with E-state index in [2.05, 4.69) is 25.0 Å². The van der Waals surface area contributed by atoms with Gasteiger partial charge in [-0.15, -0.1) is 0 Å². The molecule has 2 aliphatic rings. The zero-order chi connectivity index (χ0) is 19.7. The summed E-state index contributed by atoms with van der Waals surface area (Å²) in [5.41, 5.74) is 1.21. The molecule has 2 fully saturated rings. The van der Waals surface area contributed by atoms with Gasteiger partial charge in [0.15, 0.2) is 6.61 Å². The van der Waals surface area contributed by atoms with Crippen LogP contribution >= 0.6 is 0 Å². The van der Waals surface area contributed by atoms with Gasteiger partial charge in [-0.3, -0.25) is 4.79 Å². The molecule has 0 spiro atoms. The van der Waals surface area contributed by atoms with E-state index in [9.17, 15) is 13.2 Å². The Hall–Kier alpha value is -1.80. The smallest absolute Gasteiger partial charge is 0.309 e. The van der Waals surface area contributed by atoms with Gasteiger partial charge in [0.2, 0.25) is 9.84 Å². The quantitative estimate of drug-likeness (QED) is 0.444. The molecule has 0 aromatic heterocycles. The summed E-state index contributed by atoms with van der Waals surface area (Å²) >= 11 is 0. The van der Waals surface area contributed by atoms with Crippen molar-refractivity contribution in [2.24, 2.45) is 23.2 Å². The molecule has 1 aromatic carbocycles. The van der Waals surface area contributed by atoms with Crippen molar-refractivity contribution in [1.82, 2.24) is 0 Å². The molecule has 146 valence electrons. The molecule has 0 heterocycles. The van der Waals surface area contributed by atoms with E-state index in [1.54, 1.807) is 12.1 Å². The van der Waals surface area contributed by atoms with E-state index in [0.29, 0.717) is 11.8 Å². The monoisotopic (exact) mass is 388 g/mol. The second-order valence-electron chi connectivity index (χ2n) is 8.37. The van der Waals surface area contributed by atoms with Gasteiger partial charge in [-0.2, -0.15) is 0 Å². The summed E-state index contributed by atoms with van der Waals surface area (Å²) in [5, 5.41) is 2.25. The van der Waals surface area contributed by atoms with Crippen molar-refractivity contribution in [3.8, 4) is 11.2 Å². The van der Waals surface area contributed by atoms with Gasteiger partial charge in [-0.05, 0) is 61.5 Å².